The van der Waals surface area contributed by atoms with E-state index in [1.807, 2.05) is 17.9 Å². The van der Waals surface area contributed by atoms with Crippen molar-refractivity contribution in [2.75, 3.05) is 6.54 Å². The van der Waals surface area contributed by atoms with E-state index in [1.54, 1.807) is 0 Å². The lowest BCUT2D eigenvalue weighted by Gasteiger charge is -2.18. The van der Waals surface area contributed by atoms with Gasteiger partial charge in [0.15, 0.2) is 0 Å². The van der Waals surface area contributed by atoms with E-state index in [9.17, 15) is 0 Å². The zero-order valence-electron chi connectivity index (χ0n) is 12.8. The maximum atomic E-state index is 4.38. The summed E-state index contributed by atoms with van der Waals surface area (Å²) in [7, 11) is 2.01. The first-order valence-corrected chi connectivity index (χ1v) is 7.48. The van der Waals surface area contributed by atoms with E-state index in [0.717, 1.165) is 25.8 Å². The molecule has 1 aromatic carbocycles. The average molecular weight is 271 g/mol. The van der Waals surface area contributed by atoms with Gasteiger partial charge in [0.2, 0.25) is 0 Å². The Morgan fingerprint density at radius 2 is 2.00 bits per heavy atom. The van der Waals surface area contributed by atoms with E-state index in [1.165, 1.54) is 16.8 Å². The summed E-state index contributed by atoms with van der Waals surface area (Å²) in [6.45, 7) is 5.40. The minimum absolute atomic E-state index is 0.392. The van der Waals surface area contributed by atoms with Crippen molar-refractivity contribution in [3.05, 3.63) is 53.3 Å². The Labute approximate surface area is 122 Å². The highest BCUT2D eigenvalue weighted by molar-refractivity contribution is 5.22. The largest absolute Gasteiger partial charge is 0.310 e. The predicted octanol–water partition coefficient (Wildman–Crippen LogP) is 3.40. The van der Waals surface area contributed by atoms with Gasteiger partial charge in [0, 0.05) is 24.3 Å². The summed E-state index contributed by atoms with van der Waals surface area (Å²) in [5.74, 6) is 0. The predicted molar refractivity (Wildman–Crippen MR) is 83.7 cm³/mol. The van der Waals surface area contributed by atoms with E-state index in [2.05, 4.69) is 54.6 Å². The molecule has 3 heteroatoms. The summed E-state index contributed by atoms with van der Waals surface area (Å²) < 4.78 is 1.96. The van der Waals surface area contributed by atoms with Gasteiger partial charge in [-0.3, -0.25) is 4.68 Å². The number of aromatic nitrogens is 2. The third-order valence-electron chi connectivity index (χ3n) is 3.85. The molecule has 0 saturated heterocycles. The molecule has 20 heavy (non-hydrogen) atoms. The minimum Gasteiger partial charge on any atom is -0.310 e. The van der Waals surface area contributed by atoms with Crippen LogP contribution in [0.4, 0.5) is 0 Å². The molecule has 2 aromatic rings. The molecule has 0 spiro atoms. The lowest BCUT2D eigenvalue weighted by atomic mass is 9.99. The van der Waals surface area contributed by atoms with Crippen LogP contribution >= 0.6 is 0 Å². The third-order valence-corrected chi connectivity index (χ3v) is 3.85. The molecular formula is C17H25N3. The van der Waals surface area contributed by atoms with Gasteiger partial charge in [0.25, 0.3) is 0 Å². The fourth-order valence-corrected chi connectivity index (χ4v) is 2.50. The molecule has 108 valence electrons. The van der Waals surface area contributed by atoms with Crippen LogP contribution in [-0.4, -0.2) is 16.3 Å². The first-order valence-electron chi connectivity index (χ1n) is 7.48. The Hall–Kier alpha value is -1.61. The topological polar surface area (TPSA) is 29.9 Å². The SMILES string of the molecule is CCCNC(CCc1ccccc1)c1cnn(C)c1C. The molecule has 0 fully saturated rings. The number of hydrogen-bond acceptors (Lipinski definition) is 2. The van der Waals surface area contributed by atoms with Crippen LogP contribution in [0.15, 0.2) is 36.5 Å². The second-order valence-corrected chi connectivity index (χ2v) is 5.34. The van der Waals surface area contributed by atoms with Crippen LogP contribution in [0.1, 0.15) is 42.6 Å². The van der Waals surface area contributed by atoms with Crippen molar-refractivity contribution in [2.24, 2.45) is 7.05 Å². The number of rotatable bonds is 7. The van der Waals surface area contributed by atoms with Crippen LogP contribution in [-0.2, 0) is 13.5 Å². The molecule has 0 aliphatic heterocycles. The monoisotopic (exact) mass is 271 g/mol. The second kappa shape index (κ2) is 7.25. The lowest BCUT2D eigenvalue weighted by Crippen LogP contribution is -2.23. The molecule has 3 nitrogen and oxygen atoms in total. The van der Waals surface area contributed by atoms with E-state index < -0.39 is 0 Å². The van der Waals surface area contributed by atoms with E-state index in [4.69, 9.17) is 0 Å². The van der Waals surface area contributed by atoms with Crippen LogP contribution in [0.5, 0.6) is 0 Å². The fourth-order valence-electron chi connectivity index (χ4n) is 2.50. The maximum absolute atomic E-state index is 4.38. The zero-order chi connectivity index (χ0) is 14.4. The van der Waals surface area contributed by atoms with Crippen molar-refractivity contribution in [3.8, 4) is 0 Å². The average Bonchev–Trinajstić information content (AvgIpc) is 2.81. The van der Waals surface area contributed by atoms with E-state index in [-0.39, 0.29) is 0 Å². The van der Waals surface area contributed by atoms with Gasteiger partial charge in [-0.05, 0) is 38.3 Å². The second-order valence-electron chi connectivity index (χ2n) is 5.34. The molecule has 1 atom stereocenters. The van der Waals surface area contributed by atoms with Crippen LogP contribution in [0, 0.1) is 6.92 Å². The molecule has 0 aliphatic carbocycles. The van der Waals surface area contributed by atoms with E-state index >= 15 is 0 Å². The number of nitrogens with one attached hydrogen (secondary N) is 1. The lowest BCUT2D eigenvalue weighted by molar-refractivity contribution is 0.496. The van der Waals surface area contributed by atoms with Crippen molar-refractivity contribution in [1.29, 1.82) is 0 Å². The van der Waals surface area contributed by atoms with Crippen LogP contribution in [0.3, 0.4) is 0 Å². The first kappa shape index (κ1) is 14.8. The minimum atomic E-state index is 0.392. The molecule has 0 radical (unpaired) electrons. The summed E-state index contributed by atoms with van der Waals surface area (Å²) in [5.41, 5.74) is 3.99. The molecule has 1 heterocycles. The molecule has 1 aromatic heterocycles. The maximum Gasteiger partial charge on any atom is 0.0540 e. The number of nitrogens with zero attached hydrogens (tertiary/aromatic N) is 2. The highest BCUT2D eigenvalue weighted by Gasteiger charge is 2.15. The van der Waals surface area contributed by atoms with Crippen LogP contribution < -0.4 is 5.32 Å². The van der Waals surface area contributed by atoms with E-state index in [0.29, 0.717) is 6.04 Å². The van der Waals surface area contributed by atoms with Gasteiger partial charge in [-0.1, -0.05) is 37.3 Å². The van der Waals surface area contributed by atoms with Crippen LogP contribution in [0.25, 0.3) is 0 Å². The normalized spacial score (nSPS) is 12.6. The Balaban J connectivity index is 2.06. The Morgan fingerprint density at radius 3 is 2.60 bits per heavy atom. The molecular weight excluding hydrogens is 246 g/mol. The molecule has 2 rings (SSSR count). The number of aryl methyl sites for hydroxylation is 2. The van der Waals surface area contributed by atoms with Crippen LogP contribution in [0.2, 0.25) is 0 Å². The Bertz CT molecular complexity index is 516. The van der Waals surface area contributed by atoms with Gasteiger partial charge >= 0.3 is 0 Å². The van der Waals surface area contributed by atoms with Gasteiger partial charge in [-0.2, -0.15) is 5.10 Å². The standard InChI is InChI=1S/C17H25N3/c1-4-12-18-17(16-13-19-20(3)14(16)2)11-10-15-8-6-5-7-9-15/h5-9,13,17-18H,4,10-12H2,1-3H3. The number of benzene rings is 1. The Morgan fingerprint density at radius 1 is 1.25 bits per heavy atom. The van der Waals surface area contributed by atoms with Gasteiger partial charge in [-0.25, -0.2) is 0 Å². The van der Waals surface area contributed by atoms with Gasteiger partial charge in [0.1, 0.15) is 0 Å². The summed E-state index contributed by atoms with van der Waals surface area (Å²) in [6.07, 6.45) is 5.36. The fraction of sp³-hybridized carbons (Fsp3) is 0.471. The third kappa shape index (κ3) is 3.70. The molecule has 0 aliphatic rings. The van der Waals surface area contributed by atoms with Crippen molar-refractivity contribution >= 4 is 0 Å². The summed E-state index contributed by atoms with van der Waals surface area (Å²) in [4.78, 5) is 0. The zero-order valence-corrected chi connectivity index (χ0v) is 12.8. The van der Waals surface area contributed by atoms with Gasteiger partial charge in [0.05, 0.1) is 6.20 Å². The van der Waals surface area contributed by atoms with Crippen molar-refractivity contribution in [1.82, 2.24) is 15.1 Å². The highest BCUT2D eigenvalue weighted by atomic mass is 15.3. The molecule has 1 unspecified atom stereocenters. The van der Waals surface area contributed by atoms with Gasteiger partial charge < -0.3 is 5.32 Å². The van der Waals surface area contributed by atoms with Crippen molar-refractivity contribution in [2.45, 2.75) is 39.2 Å². The molecule has 0 bridgehead atoms. The smallest absolute Gasteiger partial charge is 0.0540 e. The van der Waals surface area contributed by atoms with Gasteiger partial charge in [-0.15, -0.1) is 0 Å². The summed E-state index contributed by atoms with van der Waals surface area (Å²) in [6, 6.07) is 11.1. The molecule has 0 saturated carbocycles. The molecule has 1 N–H and O–H groups in total. The highest BCUT2D eigenvalue weighted by Crippen LogP contribution is 2.22. The summed E-state index contributed by atoms with van der Waals surface area (Å²) in [5, 5.41) is 8.03. The summed E-state index contributed by atoms with van der Waals surface area (Å²) >= 11 is 0. The molecule has 0 amide bonds. The quantitative estimate of drug-likeness (QED) is 0.836. The Kier molecular flexibility index (Phi) is 5.36. The number of hydrogen-bond donors (Lipinski definition) is 1. The van der Waals surface area contributed by atoms with Crippen molar-refractivity contribution < 1.29 is 0 Å². The van der Waals surface area contributed by atoms with Crippen molar-refractivity contribution in [3.63, 3.8) is 0 Å². The first-order chi connectivity index (χ1) is 9.72.